The summed E-state index contributed by atoms with van der Waals surface area (Å²) in [5, 5.41) is 8.60. The summed E-state index contributed by atoms with van der Waals surface area (Å²) >= 11 is 2.23. The molecule has 1 rings (SSSR count). The molecule has 0 aliphatic carbocycles. The molecule has 0 bridgehead atoms. The highest BCUT2D eigenvalue weighted by atomic mass is 127. The van der Waals surface area contributed by atoms with Crippen LogP contribution in [-0.4, -0.2) is 11.1 Å². The topological polar surface area (TPSA) is 37.3 Å². The van der Waals surface area contributed by atoms with Gasteiger partial charge in [-0.05, 0) is 46.2 Å². The maximum atomic E-state index is 10.4. The normalized spacial score (nSPS) is 12.5. The van der Waals surface area contributed by atoms with Gasteiger partial charge in [0.05, 0.1) is 6.42 Å². The lowest BCUT2D eigenvalue weighted by Crippen LogP contribution is -2.02. The minimum absolute atomic E-state index is 0.0921. The lowest BCUT2D eigenvalue weighted by atomic mass is 9.98. The second-order valence-electron chi connectivity index (χ2n) is 3.05. The molecule has 0 amide bonds. The van der Waals surface area contributed by atoms with E-state index in [2.05, 4.69) is 22.6 Å². The Balaban J connectivity index is 2.71. The summed E-state index contributed by atoms with van der Waals surface area (Å²) in [6, 6.07) is 7.95. The Morgan fingerprint density at radius 3 is 2.46 bits per heavy atom. The summed E-state index contributed by atoms with van der Waals surface area (Å²) in [4.78, 5) is 10.4. The van der Waals surface area contributed by atoms with E-state index >= 15 is 0 Å². The van der Waals surface area contributed by atoms with Crippen LogP contribution in [0.25, 0.3) is 0 Å². The van der Waals surface area contributed by atoms with Crippen LogP contribution in [0.15, 0.2) is 24.3 Å². The van der Waals surface area contributed by atoms with Crippen LogP contribution in [0.2, 0.25) is 0 Å². The van der Waals surface area contributed by atoms with Crippen LogP contribution in [0.5, 0.6) is 0 Å². The van der Waals surface area contributed by atoms with E-state index in [1.54, 1.807) is 0 Å². The number of carboxylic acids is 1. The summed E-state index contributed by atoms with van der Waals surface area (Å²) in [5.41, 5.74) is 1.09. The number of carbonyl (C=O) groups is 1. The smallest absolute Gasteiger partial charge is 0.303 e. The fourth-order valence-electron chi connectivity index (χ4n) is 1.17. The monoisotopic (exact) mass is 290 g/mol. The van der Waals surface area contributed by atoms with E-state index < -0.39 is 5.97 Å². The molecule has 0 radical (unpaired) electrons. The largest absolute Gasteiger partial charge is 0.481 e. The number of hydrogen-bond donors (Lipinski definition) is 1. The highest BCUT2D eigenvalue weighted by Gasteiger charge is 2.09. The zero-order chi connectivity index (χ0) is 9.84. The Morgan fingerprint density at radius 2 is 2.00 bits per heavy atom. The first-order valence-electron chi connectivity index (χ1n) is 4.07. The molecule has 0 spiro atoms. The molecule has 0 saturated heterocycles. The molecule has 0 unspecified atom stereocenters. The SMILES string of the molecule is C[C@H](CC(=O)O)c1ccc(I)cc1. The fourth-order valence-corrected chi connectivity index (χ4v) is 1.53. The van der Waals surface area contributed by atoms with Crippen molar-refractivity contribution >= 4 is 28.6 Å². The van der Waals surface area contributed by atoms with Gasteiger partial charge in [-0.3, -0.25) is 4.79 Å². The van der Waals surface area contributed by atoms with E-state index in [1.807, 2.05) is 31.2 Å². The van der Waals surface area contributed by atoms with Gasteiger partial charge in [0.2, 0.25) is 0 Å². The van der Waals surface area contributed by atoms with Gasteiger partial charge in [0.1, 0.15) is 0 Å². The van der Waals surface area contributed by atoms with E-state index in [0.717, 1.165) is 5.56 Å². The molecule has 0 heterocycles. The van der Waals surface area contributed by atoms with Crippen LogP contribution in [0, 0.1) is 3.57 Å². The summed E-state index contributed by atoms with van der Waals surface area (Å²) in [5.74, 6) is -0.652. The number of halogens is 1. The second-order valence-corrected chi connectivity index (χ2v) is 4.30. The highest BCUT2D eigenvalue weighted by molar-refractivity contribution is 14.1. The minimum atomic E-state index is -0.744. The van der Waals surface area contributed by atoms with Gasteiger partial charge in [0, 0.05) is 3.57 Å². The Bertz CT molecular complexity index is 292. The molecule has 0 fully saturated rings. The zero-order valence-corrected chi connectivity index (χ0v) is 9.48. The Morgan fingerprint density at radius 1 is 1.46 bits per heavy atom. The van der Waals surface area contributed by atoms with Gasteiger partial charge < -0.3 is 5.11 Å². The summed E-state index contributed by atoms with van der Waals surface area (Å²) < 4.78 is 1.17. The Hall–Kier alpha value is -0.580. The van der Waals surface area contributed by atoms with E-state index in [-0.39, 0.29) is 12.3 Å². The standard InChI is InChI=1S/C10H11IO2/c1-7(6-10(12)13)8-2-4-9(11)5-3-8/h2-5,7H,6H2,1H3,(H,12,13)/t7-/m1/s1. The molecular weight excluding hydrogens is 279 g/mol. The van der Waals surface area contributed by atoms with Crippen molar-refractivity contribution in [1.29, 1.82) is 0 Å². The van der Waals surface area contributed by atoms with E-state index in [4.69, 9.17) is 5.11 Å². The van der Waals surface area contributed by atoms with Crippen molar-refractivity contribution in [2.24, 2.45) is 0 Å². The molecule has 0 aromatic heterocycles. The molecular formula is C10H11IO2. The van der Waals surface area contributed by atoms with Crippen LogP contribution in [0.1, 0.15) is 24.8 Å². The molecule has 0 aliphatic heterocycles. The number of benzene rings is 1. The number of rotatable bonds is 3. The van der Waals surface area contributed by atoms with Crippen LogP contribution < -0.4 is 0 Å². The van der Waals surface area contributed by atoms with Gasteiger partial charge in [-0.1, -0.05) is 19.1 Å². The highest BCUT2D eigenvalue weighted by Crippen LogP contribution is 2.19. The first kappa shape index (κ1) is 10.5. The van der Waals surface area contributed by atoms with Crippen molar-refractivity contribution in [2.75, 3.05) is 0 Å². The zero-order valence-electron chi connectivity index (χ0n) is 7.33. The third-order valence-electron chi connectivity index (χ3n) is 1.92. The Kier molecular flexibility index (Phi) is 3.71. The molecule has 13 heavy (non-hydrogen) atoms. The molecule has 0 saturated carbocycles. The predicted molar refractivity (Wildman–Crippen MR) is 59.8 cm³/mol. The number of aliphatic carboxylic acids is 1. The van der Waals surface area contributed by atoms with Crippen molar-refractivity contribution in [1.82, 2.24) is 0 Å². The van der Waals surface area contributed by atoms with Gasteiger partial charge >= 0.3 is 5.97 Å². The first-order valence-corrected chi connectivity index (χ1v) is 5.14. The third kappa shape index (κ3) is 3.34. The Labute approximate surface area is 91.1 Å². The minimum Gasteiger partial charge on any atom is -0.481 e. The van der Waals surface area contributed by atoms with Crippen LogP contribution in [0.4, 0.5) is 0 Å². The van der Waals surface area contributed by atoms with Gasteiger partial charge in [-0.25, -0.2) is 0 Å². The maximum Gasteiger partial charge on any atom is 0.303 e. The maximum absolute atomic E-state index is 10.4. The number of hydrogen-bond acceptors (Lipinski definition) is 1. The van der Waals surface area contributed by atoms with Crippen LogP contribution in [0.3, 0.4) is 0 Å². The molecule has 1 aromatic rings. The molecule has 1 aromatic carbocycles. The van der Waals surface area contributed by atoms with Crippen LogP contribution >= 0.6 is 22.6 Å². The van der Waals surface area contributed by atoms with Gasteiger partial charge in [0.15, 0.2) is 0 Å². The van der Waals surface area contributed by atoms with Gasteiger partial charge in [-0.15, -0.1) is 0 Å². The summed E-state index contributed by atoms with van der Waals surface area (Å²) in [6.45, 7) is 1.93. The van der Waals surface area contributed by atoms with Crippen LogP contribution in [-0.2, 0) is 4.79 Å². The van der Waals surface area contributed by atoms with E-state index in [0.29, 0.717) is 0 Å². The summed E-state index contributed by atoms with van der Waals surface area (Å²) in [6.07, 6.45) is 0.195. The van der Waals surface area contributed by atoms with Crippen molar-refractivity contribution in [3.05, 3.63) is 33.4 Å². The molecule has 70 valence electrons. The lowest BCUT2D eigenvalue weighted by Gasteiger charge is -2.08. The quantitative estimate of drug-likeness (QED) is 0.869. The molecule has 3 heteroatoms. The summed E-state index contributed by atoms with van der Waals surface area (Å²) in [7, 11) is 0. The molecule has 1 atom stereocenters. The van der Waals surface area contributed by atoms with Crippen molar-refractivity contribution in [3.8, 4) is 0 Å². The third-order valence-corrected chi connectivity index (χ3v) is 2.64. The van der Waals surface area contributed by atoms with E-state index in [1.165, 1.54) is 3.57 Å². The van der Waals surface area contributed by atoms with Gasteiger partial charge in [-0.2, -0.15) is 0 Å². The second kappa shape index (κ2) is 4.60. The fraction of sp³-hybridized carbons (Fsp3) is 0.300. The molecule has 0 aliphatic rings. The van der Waals surface area contributed by atoms with E-state index in [9.17, 15) is 4.79 Å². The predicted octanol–water partition coefficient (Wildman–Crippen LogP) is 2.87. The first-order chi connectivity index (χ1) is 6.09. The number of carboxylic acid groups (broad SMARTS) is 1. The van der Waals surface area contributed by atoms with Crippen molar-refractivity contribution in [3.63, 3.8) is 0 Å². The molecule has 2 nitrogen and oxygen atoms in total. The average molecular weight is 290 g/mol. The average Bonchev–Trinajstić information content (AvgIpc) is 2.04. The molecule has 1 N–H and O–H groups in total. The lowest BCUT2D eigenvalue weighted by molar-refractivity contribution is -0.137. The van der Waals surface area contributed by atoms with Gasteiger partial charge in [0.25, 0.3) is 0 Å². The van der Waals surface area contributed by atoms with Crippen molar-refractivity contribution < 1.29 is 9.90 Å². The van der Waals surface area contributed by atoms with Crippen molar-refractivity contribution in [2.45, 2.75) is 19.3 Å².